The van der Waals surface area contributed by atoms with Gasteiger partial charge in [0.15, 0.2) is 5.82 Å². The number of rotatable bonds is 9. The van der Waals surface area contributed by atoms with Crippen molar-refractivity contribution in [2.75, 3.05) is 6.54 Å². The summed E-state index contributed by atoms with van der Waals surface area (Å²) in [6, 6.07) is 13.8. The Morgan fingerprint density at radius 2 is 1.90 bits per heavy atom. The Kier molecular flexibility index (Phi) is 7.36. The molecule has 0 atom stereocenters. The van der Waals surface area contributed by atoms with Crippen molar-refractivity contribution in [1.82, 2.24) is 14.7 Å². The van der Waals surface area contributed by atoms with Gasteiger partial charge in [0.1, 0.15) is 5.75 Å². The van der Waals surface area contributed by atoms with E-state index in [4.69, 9.17) is 4.74 Å². The first-order valence-corrected chi connectivity index (χ1v) is 10.8. The van der Waals surface area contributed by atoms with Crippen molar-refractivity contribution < 1.29 is 9.53 Å². The summed E-state index contributed by atoms with van der Waals surface area (Å²) >= 11 is 1.23. The quantitative estimate of drug-likeness (QED) is 0.477. The lowest BCUT2D eigenvalue weighted by molar-refractivity contribution is 0.0952. The average Bonchev–Trinajstić information content (AvgIpc) is 3.15. The van der Waals surface area contributed by atoms with Gasteiger partial charge >= 0.3 is 0 Å². The molecule has 29 heavy (non-hydrogen) atoms. The van der Waals surface area contributed by atoms with Crippen LogP contribution in [0.1, 0.15) is 59.1 Å². The molecule has 152 valence electrons. The van der Waals surface area contributed by atoms with Crippen LogP contribution >= 0.6 is 11.5 Å². The molecule has 0 aliphatic heterocycles. The van der Waals surface area contributed by atoms with Crippen molar-refractivity contribution in [3.05, 3.63) is 70.5 Å². The number of unbranched alkanes of at least 4 members (excludes halogenated alkanes) is 2. The fraction of sp³-hybridized carbons (Fsp3) is 0.348. The Hall–Kier alpha value is -2.73. The standard InChI is InChI=1S/C23H27N3O2S/c1-4-5-6-13-24-22(27)19-12-9-17(3)20(15-19)28-23-25-21(26-29-23)14-18-10-7-16(2)8-11-18/h7-12,15H,4-6,13-14H2,1-3H3,(H,24,27). The smallest absolute Gasteiger partial charge is 0.298 e. The second-order valence-corrected chi connectivity index (χ2v) is 7.90. The van der Waals surface area contributed by atoms with E-state index in [0.717, 1.165) is 36.2 Å². The van der Waals surface area contributed by atoms with Crippen molar-refractivity contribution in [2.24, 2.45) is 0 Å². The van der Waals surface area contributed by atoms with E-state index < -0.39 is 0 Å². The molecular formula is C23H27N3O2S. The Morgan fingerprint density at radius 1 is 1.10 bits per heavy atom. The minimum atomic E-state index is -0.0803. The fourth-order valence-corrected chi connectivity index (χ4v) is 3.43. The molecule has 0 radical (unpaired) electrons. The predicted molar refractivity (Wildman–Crippen MR) is 117 cm³/mol. The molecule has 6 heteroatoms. The Morgan fingerprint density at radius 3 is 2.66 bits per heavy atom. The van der Waals surface area contributed by atoms with E-state index >= 15 is 0 Å². The molecule has 2 aromatic carbocycles. The molecule has 0 fully saturated rings. The second kappa shape index (κ2) is 10.2. The van der Waals surface area contributed by atoms with Crippen LogP contribution in [0.3, 0.4) is 0 Å². The SMILES string of the molecule is CCCCCNC(=O)c1ccc(C)c(Oc2nc(Cc3ccc(C)cc3)ns2)c1. The summed E-state index contributed by atoms with van der Waals surface area (Å²) in [5.41, 5.74) is 3.93. The zero-order valence-electron chi connectivity index (χ0n) is 17.2. The molecule has 3 aromatic rings. The zero-order valence-corrected chi connectivity index (χ0v) is 18.0. The van der Waals surface area contributed by atoms with Gasteiger partial charge in [0.2, 0.25) is 0 Å². The molecule has 0 unspecified atom stereocenters. The predicted octanol–water partition coefficient (Wildman–Crippen LogP) is 5.46. The maximum absolute atomic E-state index is 12.4. The maximum Gasteiger partial charge on any atom is 0.298 e. The number of nitrogens with one attached hydrogen (secondary N) is 1. The van der Waals surface area contributed by atoms with Gasteiger partial charge in [-0.05, 0) is 43.5 Å². The van der Waals surface area contributed by atoms with Crippen molar-refractivity contribution in [1.29, 1.82) is 0 Å². The average molecular weight is 410 g/mol. The third-order valence-electron chi connectivity index (χ3n) is 4.65. The Labute approximate surface area is 176 Å². The van der Waals surface area contributed by atoms with Gasteiger partial charge < -0.3 is 10.1 Å². The molecule has 3 rings (SSSR count). The highest BCUT2D eigenvalue weighted by molar-refractivity contribution is 7.07. The highest BCUT2D eigenvalue weighted by Crippen LogP contribution is 2.28. The van der Waals surface area contributed by atoms with E-state index in [1.54, 1.807) is 6.07 Å². The highest BCUT2D eigenvalue weighted by atomic mass is 32.1. The number of amides is 1. The lowest BCUT2D eigenvalue weighted by Gasteiger charge is -2.09. The van der Waals surface area contributed by atoms with Gasteiger partial charge in [-0.2, -0.15) is 9.36 Å². The van der Waals surface area contributed by atoms with E-state index in [9.17, 15) is 4.79 Å². The van der Waals surface area contributed by atoms with Crippen LogP contribution in [0.5, 0.6) is 10.9 Å². The minimum absolute atomic E-state index is 0.0803. The molecule has 0 spiro atoms. The molecular weight excluding hydrogens is 382 g/mol. The summed E-state index contributed by atoms with van der Waals surface area (Å²) in [5, 5.41) is 3.44. The van der Waals surface area contributed by atoms with Crippen LogP contribution < -0.4 is 10.1 Å². The van der Waals surface area contributed by atoms with E-state index in [1.165, 1.54) is 17.1 Å². The van der Waals surface area contributed by atoms with Crippen LogP contribution in [0.15, 0.2) is 42.5 Å². The first-order chi connectivity index (χ1) is 14.0. The number of hydrogen-bond acceptors (Lipinski definition) is 5. The van der Waals surface area contributed by atoms with Crippen molar-refractivity contribution in [3.8, 4) is 10.9 Å². The summed E-state index contributed by atoms with van der Waals surface area (Å²) in [4.78, 5) is 16.9. The molecule has 1 heterocycles. The number of nitrogens with zero attached hydrogens (tertiary/aromatic N) is 2. The summed E-state index contributed by atoms with van der Waals surface area (Å²) in [5.74, 6) is 1.28. The van der Waals surface area contributed by atoms with Gasteiger partial charge in [-0.25, -0.2) is 0 Å². The van der Waals surface area contributed by atoms with Crippen LogP contribution in [-0.4, -0.2) is 21.8 Å². The van der Waals surface area contributed by atoms with Gasteiger partial charge in [-0.3, -0.25) is 4.79 Å². The molecule has 5 nitrogen and oxygen atoms in total. The third kappa shape index (κ3) is 6.12. The normalized spacial score (nSPS) is 10.7. The largest absolute Gasteiger partial charge is 0.430 e. The summed E-state index contributed by atoms with van der Waals surface area (Å²) in [6.45, 7) is 6.85. The number of carbonyl (C=O) groups excluding carboxylic acids is 1. The van der Waals surface area contributed by atoms with Crippen LogP contribution in [0.2, 0.25) is 0 Å². The van der Waals surface area contributed by atoms with Crippen LogP contribution in [0, 0.1) is 13.8 Å². The van der Waals surface area contributed by atoms with Gasteiger partial charge in [0, 0.05) is 30.1 Å². The highest BCUT2D eigenvalue weighted by Gasteiger charge is 2.12. The molecule has 0 bridgehead atoms. The van der Waals surface area contributed by atoms with Crippen molar-refractivity contribution in [2.45, 2.75) is 46.5 Å². The van der Waals surface area contributed by atoms with Gasteiger partial charge in [0.25, 0.3) is 11.1 Å². The topological polar surface area (TPSA) is 64.1 Å². The second-order valence-electron chi connectivity index (χ2n) is 7.18. The first kappa shape index (κ1) is 21.0. The van der Waals surface area contributed by atoms with Gasteiger partial charge in [-0.1, -0.05) is 55.7 Å². The molecule has 1 aromatic heterocycles. The number of benzene rings is 2. The lowest BCUT2D eigenvalue weighted by Crippen LogP contribution is -2.24. The fourth-order valence-electron chi connectivity index (χ4n) is 2.86. The number of aromatic nitrogens is 2. The number of ether oxygens (including phenoxy) is 1. The third-order valence-corrected chi connectivity index (χ3v) is 5.28. The molecule has 1 amide bonds. The van der Waals surface area contributed by atoms with E-state index in [-0.39, 0.29) is 5.91 Å². The van der Waals surface area contributed by atoms with Crippen LogP contribution in [-0.2, 0) is 6.42 Å². The van der Waals surface area contributed by atoms with Crippen LogP contribution in [0.4, 0.5) is 0 Å². The lowest BCUT2D eigenvalue weighted by atomic mass is 10.1. The van der Waals surface area contributed by atoms with E-state index in [1.807, 2.05) is 19.1 Å². The van der Waals surface area contributed by atoms with E-state index in [2.05, 4.69) is 52.8 Å². The molecule has 1 N–H and O–H groups in total. The van der Waals surface area contributed by atoms with Crippen molar-refractivity contribution in [3.63, 3.8) is 0 Å². The molecule has 0 aliphatic carbocycles. The van der Waals surface area contributed by atoms with Gasteiger partial charge in [0.05, 0.1) is 0 Å². The molecule has 0 aliphatic rings. The summed E-state index contributed by atoms with van der Waals surface area (Å²) < 4.78 is 10.3. The maximum atomic E-state index is 12.4. The Bertz CT molecular complexity index is 951. The number of aryl methyl sites for hydroxylation is 2. The van der Waals surface area contributed by atoms with Gasteiger partial charge in [-0.15, -0.1) is 0 Å². The summed E-state index contributed by atoms with van der Waals surface area (Å²) in [7, 11) is 0. The summed E-state index contributed by atoms with van der Waals surface area (Å²) in [6.07, 6.45) is 3.90. The molecule has 0 saturated carbocycles. The number of carbonyl (C=O) groups is 1. The van der Waals surface area contributed by atoms with Crippen molar-refractivity contribution >= 4 is 17.4 Å². The zero-order chi connectivity index (χ0) is 20.6. The van der Waals surface area contributed by atoms with E-state index in [0.29, 0.717) is 29.5 Å². The Balaban J connectivity index is 1.64. The number of hydrogen-bond donors (Lipinski definition) is 1. The monoisotopic (exact) mass is 409 g/mol. The van der Waals surface area contributed by atoms with Crippen LogP contribution in [0.25, 0.3) is 0 Å². The first-order valence-electron chi connectivity index (χ1n) is 10.00. The minimum Gasteiger partial charge on any atom is -0.430 e. The molecule has 0 saturated heterocycles.